The van der Waals surface area contributed by atoms with Gasteiger partial charge in [0, 0.05) is 13.2 Å². The average Bonchev–Trinajstić information content (AvgIpc) is 2.29. The van der Waals surface area contributed by atoms with E-state index in [0.29, 0.717) is 0 Å². The van der Waals surface area contributed by atoms with Gasteiger partial charge in [0.2, 0.25) is 0 Å². The van der Waals surface area contributed by atoms with Gasteiger partial charge in [-0.2, -0.15) is 0 Å². The second-order valence-electron chi connectivity index (χ2n) is 5.30. The van der Waals surface area contributed by atoms with Crippen LogP contribution in [0, 0.1) is 17.8 Å². The van der Waals surface area contributed by atoms with Crippen LogP contribution in [-0.2, 0) is 4.74 Å². The second kappa shape index (κ2) is 8.08. The molecule has 0 heterocycles. The maximum Gasteiger partial charge on any atom is 0.0497 e. The summed E-state index contributed by atoms with van der Waals surface area (Å²) in [5, 5.41) is 3.57. The summed E-state index contributed by atoms with van der Waals surface area (Å²) in [6, 6.07) is 0. The zero-order valence-electron chi connectivity index (χ0n) is 11.3. The van der Waals surface area contributed by atoms with Gasteiger partial charge in [0.05, 0.1) is 0 Å². The fourth-order valence-electron chi connectivity index (χ4n) is 2.77. The molecule has 2 heteroatoms. The van der Waals surface area contributed by atoms with E-state index < -0.39 is 0 Å². The summed E-state index contributed by atoms with van der Waals surface area (Å²) in [6.45, 7) is 10.9. The molecule has 0 saturated heterocycles. The van der Waals surface area contributed by atoms with Gasteiger partial charge in [-0.05, 0) is 57.0 Å². The van der Waals surface area contributed by atoms with E-state index in [2.05, 4.69) is 26.1 Å². The van der Waals surface area contributed by atoms with Crippen LogP contribution >= 0.6 is 0 Å². The summed E-state index contributed by atoms with van der Waals surface area (Å²) in [5.41, 5.74) is 0. The maximum absolute atomic E-state index is 5.63. The molecule has 0 radical (unpaired) electrons. The Morgan fingerprint density at radius 2 is 2.00 bits per heavy atom. The molecule has 1 aliphatic rings. The van der Waals surface area contributed by atoms with Gasteiger partial charge in [-0.25, -0.2) is 0 Å². The summed E-state index contributed by atoms with van der Waals surface area (Å²) < 4.78 is 5.63. The van der Waals surface area contributed by atoms with Crippen LogP contribution in [0.5, 0.6) is 0 Å². The third kappa shape index (κ3) is 4.84. The van der Waals surface area contributed by atoms with Gasteiger partial charge in [-0.15, -0.1) is 0 Å². The first-order valence-corrected chi connectivity index (χ1v) is 7.06. The molecule has 1 N–H and O–H groups in total. The Labute approximate surface area is 101 Å². The fraction of sp³-hybridized carbons (Fsp3) is 1.00. The lowest BCUT2D eigenvalue weighted by atomic mass is 9.75. The van der Waals surface area contributed by atoms with Crippen molar-refractivity contribution in [3.63, 3.8) is 0 Å². The van der Waals surface area contributed by atoms with Crippen molar-refractivity contribution in [2.45, 2.75) is 46.5 Å². The summed E-state index contributed by atoms with van der Waals surface area (Å²) in [5.74, 6) is 2.52. The zero-order valence-corrected chi connectivity index (χ0v) is 11.3. The average molecular weight is 227 g/mol. The second-order valence-corrected chi connectivity index (χ2v) is 5.30. The van der Waals surface area contributed by atoms with Crippen LogP contribution in [0.15, 0.2) is 0 Å². The van der Waals surface area contributed by atoms with E-state index in [1.807, 2.05) is 0 Å². The maximum atomic E-state index is 5.63. The Kier molecular flexibility index (Phi) is 7.06. The van der Waals surface area contributed by atoms with Crippen molar-refractivity contribution in [2.75, 3.05) is 26.3 Å². The van der Waals surface area contributed by atoms with Crippen LogP contribution < -0.4 is 5.32 Å². The molecule has 96 valence electrons. The summed E-state index contributed by atoms with van der Waals surface area (Å²) in [6.07, 6.45) is 5.38. The molecule has 1 aliphatic carbocycles. The highest BCUT2D eigenvalue weighted by atomic mass is 16.5. The lowest BCUT2D eigenvalue weighted by molar-refractivity contribution is 0.0535. The molecule has 0 aliphatic heterocycles. The molecule has 3 atom stereocenters. The number of hydrogen-bond acceptors (Lipinski definition) is 2. The SMILES string of the molecule is CCCNCC1CCC(C)CC1COCC. The largest absolute Gasteiger partial charge is 0.381 e. The zero-order chi connectivity index (χ0) is 11.8. The van der Waals surface area contributed by atoms with Gasteiger partial charge >= 0.3 is 0 Å². The van der Waals surface area contributed by atoms with Crippen LogP contribution in [0.2, 0.25) is 0 Å². The van der Waals surface area contributed by atoms with Crippen molar-refractivity contribution < 1.29 is 4.74 Å². The number of ether oxygens (including phenoxy) is 1. The lowest BCUT2D eigenvalue weighted by Crippen LogP contribution is -2.35. The molecular weight excluding hydrogens is 198 g/mol. The highest BCUT2D eigenvalue weighted by Gasteiger charge is 2.28. The van der Waals surface area contributed by atoms with Gasteiger partial charge < -0.3 is 10.1 Å². The van der Waals surface area contributed by atoms with Crippen molar-refractivity contribution in [3.8, 4) is 0 Å². The first kappa shape index (κ1) is 14.0. The third-order valence-corrected chi connectivity index (χ3v) is 3.77. The molecule has 0 aromatic rings. The van der Waals surface area contributed by atoms with E-state index in [0.717, 1.165) is 37.5 Å². The molecule has 1 saturated carbocycles. The van der Waals surface area contributed by atoms with E-state index in [4.69, 9.17) is 4.74 Å². The van der Waals surface area contributed by atoms with E-state index >= 15 is 0 Å². The van der Waals surface area contributed by atoms with Gasteiger partial charge in [0.15, 0.2) is 0 Å². The quantitative estimate of drug-likeness (QED) is 0.675. The van der Waals surface area contributed by atoms with Crippen molar-refractivity contribution in [1.29, 1.82) is 0 Å². The minimum atomic E-state index is 0.785. The topological polar surface area (TPSA) is 21.3 Å². The molecule has 16 heavy (non-hydrogen) atoms. The Bertz CT molecular complexity index is 172. The van der Waals surface area contributed by atoms with E-state index in [1.165, 1.54) is 32.2 Å². The van der Waals surface area contributed by atoms with Gasteiger partial charge in [-0.3, -0.25) is 0 Å². The van der Waals surface area contributed by atoms with E-state index in [1.54, 1.807) is 0 Å². The van der Waals surface area contributed by atoms with E-state index in [9.17, 15) is 0 Å². The first-order valence-electron chi connectivity index (χ1n) is 7.06. The van der Waals surface area contributed by atoms with Crippen LogP contribution in [0.3, 0.4) is 0 Å². The fourth-order valence-corrected chi connectivity index (χ4v) is 2.77. The molecule has 0 bridgehead atoms. The third-order valence-electron chi connectivity index (χ3n) is 3.77. The molecule has 0 amide bonds. The van der Waals surface area contributed by atoms with Crippen molar-refractivity contribution in [2.24, 2.45) is 17.8 Å². The molecule has 1 rings (SSSR count). The van der Waals surface area contributed by atoms with Crippen LogP contribution in [-0.4, -0.2) is 26.3 Å². The lowest BCUT2D eigenvalue weighted by Gasteiger charge is -2.35. The summed E-state index contributed by atoms with van der Waals surface area (Å²) in [4.78, 5) is 0. The highest BCUT2D eigenvalue weighted by Crippen LogP contribution is 2.33. The number of nitrogens with one attached hydrogen (secondary N) is 1. The molecule has 2 nitrogen and oxygen atoms in total. The van der Waals surface area contributed by atoms with Crippen molar-refractivity contribution in [1.82, 2.24) is 5.32 Å². The predicted molar refractivity (Wildman–Crippen MR) is 69.6 cm³/mol. The molecule has 0 aromatic carbocycles. The number of hydrogen-bond donors (Lipinski definition) is 1. The van der Waals surface area contributed by atoms with Crippen LogP contribution in [0.1, 0.15) is 46.5 Å². The van der Waals surface area contributed by atoms with Crippen LogP contribution in [0.25, 0.3) is 0 Å². The van der Waals surface area contributed by atoms with E-state index in [-0.39, 0.29) is 0 Å². The monoisotopic (exact) mass is 227 g/mol. The van der Waals surface area contributed by atoms with Gasteiger partial charge in [0.25, 0.3) is 0 Å². The molecule has 3 unspecified atom stereocenters. The number of rotatable bonds is 7. The Hall–Kier alpha value is -0.0800. The molecular formula is C14H29NO. The minimum Gasteiger partial charge on any atom is -0.381 e. The smallest absolute Gasteiger partial charge is 0.0497 e. The van der Waals surface area contributed by atoms with Crippen molar-refractivity contribution >= 4 is 0 Å². The molecule has 0 aromatic heterocycles. The van der Waals surface area contributed by atoms with Crippen molar-refractivity contribution in [3.05, 3.63) is 0 Å². The Morgan fingerprint density at radius 3 is 2.69 bits per heavy atom. The minimum absolute atomic E-state index is 0.785. The first-order chi connectivity index (χ1) is 7.77. The molecule has 0 spiro atoms. The standard InChI is InChI=1S/C14H29NO/c1-4-8-15-10-13-7-6-12(3)9-14(13)11-16-5-2/h12-15H,4-11H2,1-3H3. The Morgan fingerprint density at radius 1 is 1.19 bits per heavy atom. The predicted octanol–water partition coefficient (Wildman–Crippen LogP) is 3.07. The summed E-state index contributed by atoms with van der Waals surface area (Å²) >= 11 is 0. The van der Waals surface area contributed by atoms with Gasteiger partial charge in [0.1, 0.15) is 0 Å². The Balaban J connectivity index is 2.31. The van der Waals surface area contributed by atoms with Gasteiger partial charge in [-0.1, -0.05) is 20.3 Å². The molecule has 1 fully saturated rings. The highest BCUT2D eigenvalue weighted by molar-refractivity contribution is 4.80. The summed E-state index contributed by atoms with van der Waals surface area (Å²) in [7, 11) is 0. The van der Waals surface area contributed by atoms with Crippen LogP contribution in [0.4, 0.5) is 0 Å². The normalized spacial score (nSPS) is 30.6.